The molecule has 2 aromatic carbocycles. The SMILES string of the molecule is Bc1ccc([C@H](C)NCC/C(=N\[S@+]([O-])C(C)(C)C)c2ccc(F)cc2)cc1. The van der Waals surface area contributed by atoms with Crippen molar-refractivity contribution in [2.75, 3.05) is 6.54 Å². The second kappa shape index (κ2) is 9.53. The number of halogens is 1. The van der Waals surface area contributed by atoms with Crippen LogP contribution in [0, 0.1) is 5.82 Å². The number of nitrogens with zero attached hydrogens (tertiary/aromatic N) is 1. The van der Waals surface area contributed by atoms with E-state index in [0.29, 0.717) is 13.0 Å². The summed E-state index contributed by atoms with van der Waals surface area (Å²) in [6.07, 6.45) is 0.615. The van der Waals surface area contributed by atoms with Gasteiger partial charge >= 0.3 is 0 Å². The van der Waals surface area contributed by atoms with Crippen molar-refractivity contribution in [1.82, 2.24) is 5.32 Å². The highest BCUT2D eigenvalue weighted by Gasteiger charge is 2.27. The van der Waals surface area contributed by atoms with Gasteiger partial charge < -0.3 is 9.87 Å². The molecule has 0 fully saturated rings. The van der Waals surface area contributed by atoms with Gasteiger partial charge in [0.2, 0.25) is 0 Å². The summed E-state index contributed by atoms with van der Waals surface area (Å²) in [5.41, 5.74) is 3.99. The summed E-state index contributed by atoms with van der Waals surface area (Å²) in [6, 6.07) is 14.9. The highest BCUT2D eigenvalue weighted by Crippen LogP contribution is 2.19. The molecule has 0 radical (unpaired) electrons. The van der Waals surface area contributed by atoms with Gasteiger partial charge in [-0.05, 0) is 45.4 Å². The standard InChI is InChI=1S/C21H28BFN2OS/c1-15(16-5-9-18(22)10-6-16)24-14-13-20(25-27(26)21(2,3)4)17-7-11-19(23)12-8-17/h5-12,15,24H,13-14,22H2,1-4H3/b25-20+/t15-,27+/m0/s1. The number of nitrogens with one attached hydrogen (secondary N) is 1. The molecule has 144 valence electrons. The second-order valence-electron chi connectivity index (χ2n) is 7.74. The molecule has 1 N–H and O–H groups in total. The fourth-order valence-electron chi connectivity index (χ4n) is 2.50. The van der Waals surface area contributed by atoms with Crippen LogP contribution in [-0.2, 0) is 11.4 Å². The molecule has 0 heterocycles. The molecule has 0 bridgehead atoms. The van der Waals surface area contributed by atoms with Gasteiger partial charge in [-0.15, -0.1) is 0 Å². The summed E-state index contributed by atoms with van der Waals surface area (Å²) in [4.78, 5) is 0. The quantitative estimate of drug-likeness (QED) is 0.452. The lowest BCUT2D eigenvalue weighted by molar-refractivity contribution is 0.561. The first-order valence-corrected chi connectivity index (χ1v) is 10.3. The van der Waals surface area contributed by atoms with Gasteiger partial charge in [0.25, 0.3) is 0 Å². The minimum absolute atomic E-state index is 0.202. The van der Waals surface area contributed by atoms with Gasteiger partial charge in [-0.1, -0.05) is 46.3 Å². The molecular formula is C21H28BFN2OS. The zero-order valence-corrected chi connectivity index (χ0v) is 17.6. The van der Waals surface area contributed by atoms with Crippen LogP contribution in [0.2, 0.25) is 0 Å². The Morgan fingerprint density at radius 3 is 2.30 bits per heavy atom. The Morgan fingerprint density at radius 2 is 1.74 bits per heavy atom. The third kappa shape index (κ3) is 6.80. The van der Waals surface area contributed by atoms with Crippen LogP contribution < -0.4 is 10.8 Å². The highest BCUT2D eigenvalue weighted by atomic mass is 32.2. The van der Waals surface area contributed by atoms with Crippen LogP contribution in [-0.4, -0.2) is 29.4 Å². The van der Waals surface area contributed by atoms with Crippen molar-refractivity contribution in [1.29, 1.82) is 0 Å². The summed E-state index contributed by atoms with van der Waals surface area (Å²) < 4.78 is 29.8. The predicted octanol–water partition coefficient (Wildman–Crippen LogP) is 3.08. The molecule has 0 saturated heterocycles. The number of hydrogen-bond donors (Lipinski definition) is 1. The lowest BCUT2D eigenvalue weighted by Gasteiger charge is -2.20. The zero-order chi connectivity index (χ0) is 20.0. The van der Waals surface area contributed by atoms with Gasteiger partial charge in [0.05, 0.1) is 5.71 Å². The average molecular weight is 386 g/mol. The molecule has 0 unspecified atom stereocenters. The summed E-state index contributed by atoms with van der Waals surface area (Å²) in [5.74, 6) is -0.291. The molecule has 27 heavy (non-hydrogen) atoms. The number of benzene rings is 2. The number of rotatable bonds is 7. The first kappa shape index (κ1) is 21.7. The molecule has 2 rings (SSSR count). The maximum atomic E-state index is 13.3. The topological polar surface area (TPSA) is 47.5 Å². The van der Waals surface area contributed by atoms with Gasteiger partial charge in [0, 0.05) is 24.6 Å². The molecule has 0 amide bonds. The van der Waals surface area contributed by atoms with E-state index < -0.39 is 16.1 Å². The monoisotopic (exact) mass is 386 g/mol. The van der Waals surface area contributed by atoms with Crippen molar-refractivity contribution in [3.8, 4) is 0 Å². The average Bonchev–Trinajstić information content (AvgIpc) is 2.61. The van der Waals surface area contributed by atoms with Crippen molar-refractivity contribution in [2.24, 2.45) is 4.40 Å². The molecule has 3 nitrogen and oxygen atoms in total. The molecule has 0 aliphatic heterocycles. The minimum atomic E-state index is -1.36. The zero-order valence-electron chi connectivity index (χ0n) is 16.8. The normalized spacial score (nSPS) is 14.8. The van der Waals surface area contributed by atoms with E-state index in [2.05, 4.69) is 48.7 Å². The molecule has 0 aliphatic rings. The van der Waals surface area contributed by atoms with Crippen LogP contribution in [0.1, 0.15) is 51.3 Å². The van der Waals surface area contributed by atoms with E-state index in [1.54, 1.807) is 12.1 Å². The van der Waals surface area contributed by atoms with Crippen LogP contribution in [0.4, 0.5) is 4.39 Å². The van der Waals surface area contributed by atoms with Crippen molar-refractivity contribution < 1.29 is 8.94 Å². The lowest BCUT2D eigenvalue weighted by atomic mass is 9.94. The maximum Gasteiger partial charge on any atom is 0.144 e. The second-order valence-corrected chi connectivity index (χ2v) is 9.65. The van der Waals surface area contributed by atoms with Gasteiger partial charge in [0.15, 0.2) is 0 Å². The molecule has 0 aliphatic carbocycles. The van der Waals surface area contributed by atoms with Crippen molar-refractivity contribution >= 4 is 30.4 Å². The molecule has 0 aromatic heterocycles. The van der Waals surface area contributed by atoms with Crippen LogP contribution in [0.3, 0.4) is 0 Å². The molecule has 0 saturated carbocycles. The third-order valence-electron chi connectivity index (χ3n) is 4.28. The van der Waals surface area contributed by atoms with Crippen LogP contribution in [0.25, 0.3) is 0 Å². The summed E-state index contributed by atoms with van der Waals surface area (Å²) in [6.45, 7) is 8.49. The van der Waals surface area contributed by atoms with Gasteiger partial charge in [-0.2, -0.15) is 0 Å². The Kier molecular flexibility index (Phi) is 7.65. The van der Waals surface area contributed by atoms with E-state index in [1.807, 2.05) is 20.8 Å². The van der Waals surface area contributed by atoms with Crippen LogP contribution in [0.5, 0.6) is 0 Å². The lowest BCUT2D eigenvalue weighted by Crippen LogP contribution is -2.28. The Balaban J connectivity index is 2.08. The molecule has 0 spiro atoms. The van der Waals surface area contributed by atoms with Gasteiger partial charge in [0.1, 0.15) is 29.8 Å². The Hall–Kier alpha value is -1.63. The summed E-state index contributed by atoms with van der Waals surface area (Å²) in [5, 5.41) is 3.49. The van der Waals surface area contributed by atoms with Gasteiger partial charge in [-0.3, -0.25) is 0 Å². The molecular weight excluding hydrogens is 358 g/mol. The van der Waals surface area contributed by atoms with E-state index in [4.69, 9.17) is 0 Å². The van der Waals surface area contributed by atoms with E-state index >= 15 is 0 Å². The Bertz CT molecular complexity index is 757. The van der Waals surface area contributed by atoms with Crippen LogP contribution >= 0.6 is 0 Å². The third-order valence-corrected chi connectivity index (χ3v) is 5.72. The molecule has 6 heteroatoms. The number of hydrogen-bond acceptors (Lipinski definition) is 3. The van der Waals surface area contributed by atoms with E-state index in [9.17, 15) is 8.94 Å². The highest BCUT2D eigenvalue weighted by molar-refractivity contribution is 7.91. The van der Waals surface area contributed by atoms with Crippen molar-refractivity contribution in [2.45, 2.75) is 44.9 Å². The Labute approximate surface area is 166 Å². The predicted molar refractivity (Wildman–Crippen MR) is 116 cm³/mol. The maximum absolute atomic E-state index is 13.3. The van der Waals surface area contributed by atoms with Crippen LogP contribution in [0.15, 0.2) is 52.9 Å². The minimum Gasteiger partial charge on any atom is -0.591 e. The van der Waals surface area contributed by atoms with E-state index in [0.717, 1.165) is 11.3 Å². The van der Waals surface area contributed by atoms with E-state index in [-0.39, 0.29) is 11.9 Å². The first-order chi connectivity index (χ1) is 12.7. The smallest absolute Gasteiger partial charge is 0.144 e. The fourth-order valence-corrected chi connectivity index (χ4v) is 3.17. The summed E-state index contributed by atoms with van der Waals surface area (Å²) in [7, 11) is 2.07. The Morgan fingerprint density at radius 1 is 1.15 bits per heavy atom. The largest absolute Gasteiger partial charge is 0.591 e. The van der Waals surface area contributed by atoms with E-state index in [1.165, 1.54) is 23.2 Å². The molecule has 2 atom stereocenters. The van der Waals surface area contributed by atoms with Crippen molar-refractivity contribution in [3.05, 3.63) is 65.5 Å². The van der Waals surface area contributed by atoms with Crippen molar-refractivity contribution in [3.63, 3.8) is 0 Å². The summed E-state index contributed by atoms with van der Waals surface area (Å²) >= 11 is -1.36. The molecule has 2 aromatic rings. The van der Waals surface area contributed by atoms with Gasteiger partial charge in [-0.25, -0.2) is 4.39 Å². The first-order valence-electron chi connectivity index (χ1n) is 9.22. The fraction of sp³-hybridized carbons (Fsp3) is 0.381.